The van der Waals surface area contributed by atoms with Gasteiger partial charge in [-0.1, -0.05) is 19.1 Å². The number of aliphatic hydroxyl groups is 1. The smallest absolute Gasteiger partial charge is 0.118 e. The zero-order valence-corrected chi connectivity index (χ0v) is 8.66. The molecular weight excluding hydrogens is 178 g/mol. The molecule has 3 N–H and O–H groups in total. The molecule has 0 heterocycles. The van der Waals surface area contributed by atoms with E-state index in [1.165, 1.54) is 0 Å². The van der Waals surface area contributed by atoms with Gasteiger partial charge in [0.05, 0.1) is 13.7 Å². The highest BCUT2D eigenvalue weighted by atomic mass is 16.5. The Labute approximate surface area is 84.5 Å². The lowest BCUT2D eigenvalue weighted by atomic mass is 9.83. The van der Waals surface area contributed by atoms with Gasteiger partial charge in [0.15, 0.2) is 0 Å². The van der Waals surface area contributed by atoms with Crippen LogP contribution in [0, 0.1) is 0 Å². The van der Waals surface area contributed by atoms with Crippen molar-refractivity contribution in [2.45, 2.75) is 12.3 Å². The van der Waals surface area contributed by atoms with Gasteiger partial charge >= 0.3 is 0 Å². The summed E-state index contributed by atoms with van der Waals surface area (Å²) in [6, 6.07) is 7.61. The zero-order valence-electron chi connectivity index (χ0n) is 8.66. The minimum Gasteiger partial charge on any atom is -0.497 e. The monoisotopic (exact) mass is 195 g/mol. The van der Waals surface area contributed by atoms with Crippen molar-refractivity contribution in [3.8, 4) is 5.75 Å². The standard InChI is InChI=1S/C11H17NO2/c1-11(7-12,8-13)9-3-5-10(14-2)6-4-9/h3-6,13H,7-8,12H2,1-2H3. The minimum atomic E-state index is -0.355. The molecule has 0 amide bonds. The van der Waals surface area contributed by atoms with E-state index in [0.29, 0.717) is 6.54 Å². The topological polar surface area (TPSA) is 55.5 Å². The molecule has 0 fully saturated rings. The number of hydrogen-bond acceptors (Lipinski definition) is 3. The highest BCUT2D eigenvalue weighted by Crippen LogP contribution is 2.23. The van der Waals surface area contributed by atoms with Gasteiger partial charge in [-0.2, -0.15) is 0 Å². The van der Waals surface area contributed by atoms with E-state index in [-0.39, 0.29) is 12.0 Å². The van der Waals surface area contributed by atoms with Gasteiger partial charge in [0.1, 0.15) is 5.75 Å². The van der Waals surface area contributed by atoms with E-state index in [1.807, 2.05) is 31.2 Å². The van der Waals surface area contributed by atoms with Gasteiger partial charge in [0.2, 0.25) is 0 Å². The molecule has 0 aliphatic heterocycles. The molecule has 1 aromatic carbocycles. The molecule has 0 aromatic heterocycles. The van der Waals surface area contributed by atoms with Crippen molar-refractivity contribution in [2.24, 2.45) is 5.73 Å². The fourth-order valence-electron chi connectivity index (χ4n) is 1.27. The first-order chi connectivity index (χ1) is 6.66. The highest BCUT2D eigenvalue weighted by molar-refractivity contribution is 5.32. The second-order valence-electron chi connectivity index (χ2n) is 3.65. The third kappa shape index (κ3) is 2.05. The Hall–Kier alpha value is -1.06. The van der Waals surface area contributed by atoms with Gasteiger partial charge in [0.25, 0.3) is 0 Å². The number of rotatable bonds is 4. The predicted octanol–water partition coefficient (Wildman–Crippen LogP) is 0.904. The Morgan fingerprint density at radius 2 is 1.93 bits per heavy atom. The van der Waals surface area contributed by atoms with Gasteiger partial charge in [-0.25, -0.2) is 0 Å². The van der Waals surface area contributed by atoms with Gasteiger partial charge < -0.3 is 15.6 Å². The zero-order chi connectivity index (χ0) is 10.6. The van der Waals surface area contributed by atoms with Crippen LogP contribution in [0.5, 0.6) is 5.75 Å². The molecule has 1 rings (SSSR count). The van der Waals surface area contributed by atoms with Crippen molar-refractivity contribution in [1.29, 1.82) is 0 Å². The van der Waals surface area contributed by atoms with Gasteiger partial charge in [-0.05, 0) is 17.7 Å². The van der Waals surface area contributed by atoms with Crippen molar-refractivity contribution in [3.05, 3.63) is 29.8 Å². The summed E-state index contributed by atoms with van der Waals surface area (Å²) in [6.45, 7) is 2.42. The highest BCUT2D eigenvalue weighted by Gasteiger charge is 2.23. The van der Waals surface area contributed by atoms with E-state index in [4.69, 9.17) is 10.5 Å². The molecule has 0 saturated carbocycles. The first-order valence-electron chi connectivity index (χ1n) is 4.62. The van der Waals surface area contributed by atoms with E-state index in [1.54, 1.807) is 7.11 Å². The molecule has 78 valence electrons. The van der Waals surface area contributed by atoms with Crippen LogP contribution in [-0.2, 0) is 5.41 Å². The number of nitrogens with two attached hydrogens (primary N) is 1. The van der Waals surface area contributed by atoms with E-state index in [0.717, 1.165) is 11.3 Å². The molecule has 0 aliphatic carbocycles. The lowest BCUT2D eigenvalue weighted by molar-refractivity contribution is 0.210. The third-order valence-corrected chi connectivity index (χ3v) is 2.59. The Morgan fingerprint density at radius 1 is 1.36 bits per heavy atom. The van der Waals surface area contributed by atoms with Crippen molar-refractivity contribution < 1.29 is 9.84 Å². The molecule has 0 aliphatic rings. The van der Waals surface area contributed by atoms with Crippen LogP contribution < -0.4 is 10.5 Å². The Bertz CT molecular complexity index is 278. The predicted molar refractivity (Wildman–Crippen MR) is 56.5 cm³/mol. The molecule has 0 radical (unpaired) electrons. The third-order valence-electron chi connectivity index (χ3n) is 2.59. The molecule has 0 spiro atoms. The molecular formula is C11H17NO2. The summed E-state index contributed by atoms with van der Waals surface area (Å²) in [4.78, 5) is 0. The van der Waals surface area contributed by atoms with E-state index < -0.39 is 0 Å². The molecule has 0 saturated heterocycles. The van der Waals surface area contributed by atoms with E-state index in [9.17, 15) is 5.11 Å². The first kappa shape index (κ1) is 11.0. The number of hydrogen-bond donors (Lipinski definition) is 2. The Balaban J connectivity index is 2.95. The second-order valence-corrected chi connectivity index (χ2v) is 3.65. The lowest BCUT2D eigenvalue weighted by Crippen LogP contribution is -2.35. The largest absolute Gasteiger partial charge is 0.497 e. The maximum absolute atomic E-state index is 9.25. The van der Waals surface area contributed by atoms with Gasteiger partial charge in [-0.15, -0.1) is 0 Å². The fourth-order valence-corrected chi connectivity index (χ4v) is 1.27. The quantitative estimate of drug-likeness (QED) is 0.750. The van der Waals surface area contributed by atoms with Crippen LogP contribution in [0.1, 0.15) is 12.5 Å². The number of benzene rings is 1. The molecule has 14 heavy (non-hydrogen) atoms. The molecule has 3 heteroatoms. The second kappa shape index (κ2) is 4.44. The molecule has 1 unspecified atom stereocenters. The number of ether oxygens (including phenoxy) is 1. The Kier molecular flexibility index (Phi) is 3.49. The number of aliphatic hydroxyl groups excluding tert-OH is 1. The van der Waals surface area contributed by atoms with Gasteiger partial charge in [0, 0.05) is 12.0 Å². The first-order valence-corrected chi connectivity index (χ1v) is 4.62. The lowest BCUT2D eigenvalue weighted by Gasteiger charge is -2.25. The normalized spacial score (nSPS) is 14.9. The molecule has 1 aromatic rings. The summed E-state index contributed by atoms with van der Waals surface area (Å²) in [6.07, 6.45) is 0. The maximum atomic E-state index is 9.25. The number of methoxy groups -OCH3 is 1. The van der Waals surface area contributed by atoms with Crippen molar-refractivity contribution in [2.75, 3.05) is 20.3 Å². The molecule has 3 nitrogen and oxygen atoms in total. The fraction of sp³-hybridized carbons (Fsp3) is 0.455. The van der Waals surface area contributed by atoms with Crippen LogP contribution in [0.4, 0.5) is 0 Å². The van der Waals surface area contributed by atoms with Crippen LogP contribution in [0.3, 0.4) is 0 Å². The SMILES string of the molecule is COc1ccc(C(C)(CN)CO)cc1. The van der Waals surface area contributed by atoms with Crippen molar-refractivity contribution >= 4 is 0 Å². The average molecular weight is 195 g/mol. The summed E-state index contributed by atoms with van der Waals surface area (Å²) in [5.41, 5.74) is 6.30. The Morgan fingerprint density at radius 3 is 2.29 bits per heavy atom. The maximum Gasteiger partial charge on any atom is 0.118 e. The summed E-state index contributed by atoms with van der Waals surface area (Å²) < 4.78 is 5.06. The summed E-state index contributed by atoms with van der Waals surface area (Å²) in [7, 11) is 1.63. The van der Waals surface area contributed by atoms with Gasteiger partial charge in [-0.3, -0.25) is 0 Å². The van der Waals surface area contributed by atoms with Crippen molar-refractivity contribution in [3.63, 3.8) is 0 Å². The molecule has 0 bridgehead atoms. The van der Waals surface area contributed by atoms with E-state index >= 15 is 0 Å². The van der Waals surface area contributed by atoms with Crippen LogP contribution >= 0.6 is 0 Å². The summed E-state index contributed by atoms with van der Waals surface area (Å²) >= 11 is 0. The average Bonchev–Trinajstić information content (AvgIpc) is 2.28. The van der Waals surface area contributed by atoms with Crippen LogP contribution in [0.25, 0.3) is 0 Å². The van der Waals surface area contributed by atoms with Crippen LogP contribution in [-0.4, -0.2) is 25.4 Å². The molecule has 1 atom stereocenters. The summed E-state index contributed by atoms with van der Waals surface area (Å²) in [5, 5.41) is 9.25. The van der Waals surface area contributed by atoms with Crippen LogP contribution in [0.15, 0.2) is 24.3 Å². The van der Waals surface area contributed by atoms with E-state index in [2.05, 4.69) is 0 Å². The van der Waals surface area contributed by atoms with Crippen LogP contribution in [0.2, 0.25) is 0 Å². The summed E-state index contributed by atoms with van der Waals surface area (Å²) in [5.74, 6) is 0.811. The minimum absolute atomic E-state index is 0.0514. The van der Waals surface area contributed by atoms with Crippen molar-refractivity contribution in [1.82, 2.24) is 0 Å².